The second-order valence-electron chi connectivity index (χ2n) is 6.72. The highest BCUT2D eigenvalue weighted by molar-refractivity contribution is 8.00. The van der Waals surface area contributed by atoms with Crippen LogP contribution in [0.15, 0.2) is 71.6 Å². The van der Waals surface area contributed by atoms with Crippen molar-refractivity contribution in [1.29, 1.82) is 0 Å². The summed E-state index contributed by atoms with van der Waals surface area (Å²) in [4.78, 5) is 20.8. The van der Waals surface area contributed by atoms with Crippen molar-refractivity contribution in [2.75, 3.05) is 10.7 Å². The number of rotatable bonds is 6. The lowest BCUT2D eigenvalue weighted by Gasteiger charge is -2.20. The summed E-state index contributed by atoms with van der Waals surface area (Å²) in [5, 5.41) is 2.04. The van der Waals surface area contributed by atoms with Gasteiger partial charge in [-0.15, -0.1) is 11.8 Å². The monoisotopic (exact) mass is 472 g/mol. The molecule has 1 aromatic heterocycles. The van der Waals surface area contributed by atoms with Gasteiger partial charge in [-0.2, -0.15) is 0 Å². The first-order valence-corrected chi connectivity index (χ1v) is 11.9. The summed E-state index contributed by atoms with van der Waals surface area (Å²) >= 11 is 15.2. The molecule has 1 heterocycles. The Morgan fingerprint density at radius 1 is 1.03 bits per heavy atom. The van der Waals surface area contributed by atoms with Crippen LogP contribution in [0.5, 0.6) is 0 Å². The van der Waals surface area contributed by atoms with Gasteiger partial charge < -0.3 is 0 Å². The third-order valence-electron chi connectivity index (χ3n) is 4.63. The van der Waals surface area contributed by atoms with E-state index in [0.29, 0.717) is 27.5 Å². The standard InChI is InChI=1S/C23H18Cl2N2OS2/c1-15-19(25)11-12-20-22(15)26-23(30-20)27(13-16-5-3-2-4-6-16)21(28)14-29-18-9-7-17(24)8-10-18/h2-12H,13-14H2,1H3. The SMILES string of the molecule is Cc1c(Cl)ccc2sc(N(Cc3ccccc3)C(=O)CSc3ccc(Cl)cc3)nc12. The van der Waals surface area contributed by atoms with Crippen LogP contribution in [0.2, 0.25) is 10.0 Å². The minimum atomic E-state index is 0.00149. The number of hydrogen-bond acceptors (Lipinski definition) is 4. The van der Waals surface area contributed by atoms with Crippen LogP contribution < -0.4 is 4.90 Å². The topological polar surface area (TPSA) is 33.2 Å². The Morgan fingerprint density at radius 2 is 1.77 bits per heavy atom. The van der Waals surface area contributed by atoms with Crippen LogP contribution in [0.3, 0.4) is 0 Å². The molecule has 152 valence electrons. The Balaban J connectivity index is 1.63. The smallest absolute Gasteiger partial charge is 0.239 e. The van der Waals surface area contributed by atoms with E-state index in [1.54, 1.807) is 4.90 Å². The third kappa shape index (κ3) is 4.81. The lowest BCUT2D eigenvalue weighted by Crippen LogP contribution is -2.31. The molecule has 1 amide bonds. The van der Waals surface area contributed by atoms with E-state index in [2.05, 4.69) is 0 Å². The highest BCUT2D eigenvalue weighted by Crippen LogP contribution is 2.34. The Labute approximate surface area is 193 Å². The minimum Gasteiger partial charge on any atom is -0.283 e. The van der Waals surface area contributed by atoms with Gasteiger partial charge in [0.1, 0.15) is 0 Å². The second-order valence-corrected chi connectivity index (χ2v) is 9.63. The van der Waals surface area contributed by atoms with Gasteiger partial charge in [-0.25, -0.2) is 4.98 Å². The van der Waals surface area contributed by atoms with E-state index in [0.717, 1.165) is 26.2 Å². The molecule has 7 heteroatoms. The molecule has 4 rings (SSSR count). The van der Waals surface area contributed by atoms with Crippen molar-refractivity contribution in [2.45, 2.75) is 18.4 Å². The van der Waals surface area contributed by atoms with Gasteiger partial charge in [0.25, 0.3) is 0 Å². The van der Waals surface area contributed by atoms with Gasteiger partial charge in [0, 0.05) is 14.9 Å². The first-order valence-electron chi connectivity index (χ1n) is 9.29. The average Bonchev–Trinajstić information content (AvgIpc) is 3.19. The second kappa shape index (κ2) is 9.40. The van der Waals surface area contributed by atoms with E-state index in [1.165, 1.54) is 23.1 Å². The highest BCUT2D eigenvalue weighted by atomic mass is 35.5. The number of carbonyl (C=O) groups excluding carboxylic acids is 1. The quantitative estimate of drug-likeness (QED) is 0.277. The van der Waals surface area contributed by atoms with Gasteiger partial charge >= 0.3 is 0 Å². The number of aromatic nitrogens is 1. The zero-order chi connectivity index (χ0) is 21.1. The fourth-order valence-electron chi connectivity index (χ4n) is 2.99. The van der Waals surface area contributed by atoms with Gasteiger partial charge in [0.2, 0.25) is 5.91 Å². The number of anilines is 1. The van der Waals surface area contributed by atoms with Crippen molar-refractivity contribution in [3.63, 3.8) is 0 Å². The summed E-state index contributed by atoms with van der Waals surface area (Å²) < 4.78 is 1.02. The Kier molecular flexibility index (Phi) is 6.64. The summed E-state index contributed by atoms with van der Waals surface area (Å²) in [7, 11) is 0. The molecule has 0 unspecified atom stereocenters. The molecule has 0 aliphatic rings. The zero-order valence-corrected chi connectivity index (χ0v) is 19.3. The maximum absolute atomic E-state index is 13.2. The van der Waals surface area contributed by atoms with Crippen molar-refractivity contribution >= 4 is 67.6 Å². The Bertz CT molecular complexity index is 1180. The number of amides is 1. The molecule has 3 nitrogen and oxygen atoms in total. The van der Waals surface area contributed by atoms with Crippen molar-refractivity contribution < 1.29 is 4.79 Å². The van der Waals surface area contributed by atoms with Crippen molar-refractivity contribution in [3.05, 3.63) is 87.9 Å². The van der Waals surface area contributed by atoms with E-state index in [1.807, 2.05) is 73.7 Å². The third-order valence-corrected chi connectivity index (χ3v) is 7.33. The normalized spacial score (nSPS) is 11.0. The molecule has 0 atom stereocenters. The van der Waals surface area contributed by atoms with E-state index >= 15 is 0 Å². The predicted molar refractivity (Wildman–Crippen MR) is 129 cm³/mol. The lowest BCUT2D eigenvalue weighted by molar-refractivity contribution is -0.116. The van der Waals surface area contributed by atoms with Crippen LogP contribution in [-0.4, -0.2) is 16.6 Å². The average molecular weight is 473 g/mol. The van der Waals surface area contributed by atoms with Gasteiger partial charge in [0.05, 0.1) is 22.5 Å². The molecular formula is C23H18Cl2N2OS2. The number of nitrogens with zero attached hydrogens (tertiary/aromatic N) is 2. The van der Waals surface area contributed by atoms with Crippen LogP contribution in [0.4, 0.5) is 5.13 Å². The molecule has 0 saturated heterocycles. The number of halogens is 2. The highest BCUT2D eigenvalue weighted by Gasteiger charge is 2.21. The zero-order valence-electron chi connectivity index (χ0n) is 16.1. The van der Waals surface area contributed by atoms with Crippen LogP contribution in [0.25, 0.3) is 10.2 Å². The molecule has 0 fully saturated rings. The van der Waals surface area contributed by atoms with Crippen molar-refractivity contribution in [3.8, 4) is 0 Å². The summed E-state index contributed by atoms with van der Waals surface area (Å²) in [6.45, 7) is 2.42. The molecule has 0 aliphatic heterocycles. The van der Waals surface area contributed by atoms with Crippen LogP contribution in [0.1, 0.15) is 11.1 Å². The first kappa shape index (κ1) is 21.2. The van der Waals surface area contributed by atoms with Gasteiger partial charge in [0.15, 0.2) is 5.13 Å². The van der Waals surface area contributed by atoms with Crippen molar-refractivity contribution in [1.82, 2.24) is 4.98 Å². The number of fused-ring (bicyclic) bond motifs is 1. The first-order chi connectivity index (χ1) is 14.5. The van der Waals surface area contributed by atoms with Gasteiger partial charge in [-0.05, 0) is 54.4 Å². The summed E-state index contributed by atoms with van der Waals surface area (Å²) in [6.07, 6.45) is 0. The fourth-order valence-corrected chi connectivity index (χ4v) is 5.08. The number of aryl methyl sites for hydroxylation is 1. The molecule has 30 heavy (non-hydrogen) atoms. The van der Waals surface area contributed by atoms with Crippen molar-refractivity contribution in [2.24, 2.45) is 0 Å². The molecule has 0 N–H and O–H groups in total. The van der Waals surface area contributed by atoms with Gasteiger partial charge in [-0.3, -0.25) is 9.69 Å². The van der Waals surface area contributed by atoms with E-state index in [9.17, 15) is 4.79 Å². The van der Waals surface area contributed by atoms with Crippen LogP contribution >= 0.6 is 46.3 Å². The molecule has 0 aliphatic carbocycles. The predicted octanol–water partition coefficient (Wildman–Crippen LogP) is 7.24. The molecule has 0 radical (unpaired) electrons. The summed E-state index contributed by atoms with van der Waals surface area (Å²) in [5.41, 5.74) is 2.83. The largest absolute Gasteiger partial charge is 0.283 e. The lowest BCUT2D eigenvalue weighted by atomic mass is 10.2. The molecule has 4 aromatic rings. The van der Waals surface area contributed by atoms with E-state index in [4.69, 9.17) is 28.2 Å². The number of benzene rings is 3. The maximum atomic E-state index is 13.2. The summed E-state index contributed by atoms with van der Waals surface area (Å²) in [5.74, 6) is 0.311. The van der Waals surface area contributed by atoms with E-state index < -0.39 is 0 Å². The number of carbonyl (C=O) groups is 1. The molecule has 3 aromatic carbocycles. The number of thiazole rings is 1. The molecular weight excluding hydrogens is 455 g/mol. The minimum absolute atomic E-state index is 0.00149. The van der Waals surface area contributed by atoms with Crippen LogP contribution in [-0.2, 0) is 11.3 Å². The van der Waals surface area contributed by atoms with Gasteiger partial charge in [-0.1, -0.05) is 64.9 Å². The maximum Gasteiger partial charge on any atom is 0.239 e. The molecule has 0 saturated carbocycles. The number of hydrogen-bond donors (Lipinski definition) is 0. The Morgan fingerprint density at radius 3 is 2.50 bits per heavy atom. The molecule has 0 spiro atoms. The fraction of sp³-hybridized carbons (Fsp3) is 0.130. The summed E-state index contributed by atoms with van der Waals surface area (Å²) in [6, 6.07) is 21.3. The number of thioether (sulfide) groups is 1. The molecule has 0 bridgehead atoms. The Hall–Kier alpha value is -2.05. The van der Waals surface area contributed by atoms with E-state index in [-0.39, 0.29) is 5.91 Å². The van der Waals surface area contributed by atoms with Crippen LogP contribution in [0, 0.1) is 6.92 Å².